The zero-order valence-electron chi connectivity index (χ0n) is 13.0. The molecule has 0 amide bonds. The van der Waals surface area contributed by atoms with Crippen LogP contribution in [0.15, 0.2) is 0 Å². The maximum Gasteiger partial charge on any atom is 0.0589 e. The van der Waals surface area contributed by atoms with Crippen LogP contribution in [0.25, 0.3) is 0 Å². The van der Waals surface area contributed by atoms with Gasteiger partial charge in [-0.2, -0.15) is 0 Å². The standard InChI is InChI=1S/C15H31N3O/c1-4-14-11-17(7-8-18(14)9-10-19-3)13-15(2)5-6-16-12-15/h14,16H,4-13H2,1-3H3. The fourth-order valence-corrected chi connectivity index (χ4v) is 3.53. The Kier molecular flexibility index (Phi) is 5.63. The largest absolute Gasteiger partial charge is 0.383 e. The first-order valence-corrected chi connectivity index (χ1v) is 7.83. The van der Waals surface area contributed by atoms with Crippen LogP contribution < -0.4 is 5.32 Å². The predicted molar refractivity (Wildman–Crippen MR) is 79.6 cm³/mol. The molecule has 4 heteroatoms. The Balaban J connectivity index is 1.82. The van der Waals surface area contributed by atoms with Gasteiger partial charge in [-0.15, -0.1) is 0 Å². The number of rotatable bonds is 6. The number of hydrogen-bond donors (Lipinski definition) is 1. The predicted octanol–water partition coefficient (Wildman–Crippen LogP) is 1.03. The van der Waals surface area contributed by atoms with Crippen molar-refractivity contribution in [3.63, 3.8) is 0 Å². The van der Waals surface area contributed by atoms with Gasteiger partial charge in [-0.1, -0.05) is 13.8 Å². The molecule has 0 saturated carbocycles. The highest BCUT2D eigenvalue weighted by atomic mass is 16.5. The van der Waals surface area contributed by atoms with Gasteiger partial charge in [0.25, 0.3) is 0 Å². The van der Waals surface area contributed by atoms with E-state index in [-0.39, 0.29) is 0 Å². The Bertz CT molecular complexity index is 266. The number of hydrogen-bond acceptors (Lipinski definition) is 4. The summed E-state index contributed by atoms with van der Waals surface area (Å²) in [5, 5.41) is 3.51. The van der Waals surface area contributed by atoms with Crippen LogP contribution >= 0.6 is 0 Å². The van der Waals surface area contributed by atoms with E-state index < -0.39 is 0 Å². The van der Waals surface area contributed by atoms with E-state index >= 15 is 0 Å². The molecule has 0 aromatic carbocycles. The van der Waals surface area contributed by atoms with Crippen molar-refractivity contribution in [3.8, 4) is 0 Å². The van der Waals surface area contributed by atoms with E-state index in [0.717, 1.165) is 13.2 Å². The average Bonchev–Trinajstić information content (AvgIpc) is 2.83. The van der Waals surface area contributed by atoms with Crippen molar-refractivity contribution >= 4 is 0 Å². The molecule has 0 aliphatic carbocycles. The van der Waals surface area contributed by atoms with Crippen LogP contribution in [0.1, 0.15) is 26.7 Å². The minimum absolute atomic E-state index is 0.493. The van der Waals surface area contributed by atoms with Crippen molar-refractivity contribution < 1.29 is 4.74 Å². The minimum Gasteiger partial charge on any atom is -0.383 e. The molecule has 2 saturated heterocycles. The summed E-state index contributed by atoms with van der Waals surface area (Å²) in [4.78, 5) is 5.29. The first-order valence-electron chi connectivity index (χ1n) is 7.83. The maximum atomic E-state index is 5.22. The second-order valence-electron chi connectivity index (χ2n) is 6.56. The first kappa shape index (κ1) is 15.2. The summed E-state index contributed by atoms with van der Waals surface area (Å²) in [6.45, 7) is 14.0. The van der Waals surface area contributed by atoms with Gasteiger partial charge in [0.15, 0.2) is 0 Å². The third kappa shape index (κ3) is 4.15. The highest BCUT2D eigenvalue weighted by Gasteiger charge is 2.33. The summed E-state index contributed by atoms with van der Waals surface area (Å²) in [6, 6.07) is 0.710. The van der Waals surface area contributed by atoms with Gasteiger partial charge in [-0.25, -0.2) is 0 Å². The van der Waals surface area contributed by atoms with Crippen LogP contribution in [-0.4, -0.2) is 75.4 Å². The third-order valence-corrected chi connectivity index (χ3v) is 4.81. The van der Waals surface area contributed by atoms with Crippen molar-refractivity contribution in [1.29, 1.82) is 0 Å². The molecule has 0 aromatic rings. The van der Waals surface area contributed by atoms with Crippen LogP contribution in [0, 0.1) is 5.41 Å². The lowest BCUT2D eigenvalue weighted by atomic mass is 9.88. The second kappa shape index (κ2) is 7.02. The van der Waals surface area contributed by atoms with Gasteiger partial charge < -0.3 is 10.1 Å². The minimum atomic E-state index is 0.493. The normalized spacial score (nSPS) is 33.9. The van der Waals surface area contributed by atoms with E-state index in [4.69, 9.17) is 4.74 Å². The van der Waals surface area contributed by atoms with Crippen LogP contribution in [0.4, 0.5) is 0 Å². The van der Waals surface area contributed by atoms with E-state index in [1.54, 1.807) is 7.11 Å². The molecule has 0 spiro atoms. The molecule has 1 N–H and O–H groups in total. The molecule has 4 nitrogen and oxygen atoms in total. The van der Waals surface area contributed by atoms with Crippen molar-refractivity contribution in [3.05, 3.63) is 0 Å². The van der Waals surface area contributed by atoms with Crippen molar-refractivity contribution in [1.82, 2.24) is 15.1 Å². The Morgan fingerprint density at radius 1 is 1.37 bits per heavy atom. The molecule has 112 valence electrons. The quantitative estimate of drug-likeness (QED) is 0.779. The van der Waals surface area contributed by atoms with Gasteiger partial charge in [0.2, 0.25) is 0 Å². The lowest BCUT2D eigenvalue weighted by Crippen LogP contribution is -2.55. The summed E-state index contributed by atoms with van der Waals surface area (Å²) < 4.78 is 5.22. The topological polar surface area (TPSA) is 27.7 Å². The molecule has 2 fully saturated rings. The molecular formula is C15H31N3O. The zero-order chi connectivity index (χ0) is 13.7. The number of piperazine rings is 1. The molecule has 2 rings (SSSR count). The highest BCUT2D eigenvalue weighted by Crippen LogP contribution is 2.27. The first-order chi connectivity index (χ1) is 9.17. The smallest absolute Gasteiger partial charge is 0.0589 e. The van der Waals surface area contributed by atoms with E-state index in [1.165, 1.54) is 52.1 Å². The molecule has 2 heterocycles. The molecule has 0 aromatic heterocycles. The summed E-state index contributed by atoms with van der Waals surface area (Å²) in [6.07, 6.45) is 2.57. The highest BCUT2D eigenvalue weighted by molar-refractivity contribution is 4.90. The molecular weight excluding hydrogens is 238 g/mol. The van der Waals surface area contributed by atoms with Crippen LogP contribution in [-0.2, 0) is 4.74 Å². The molecule has 2 unspecified atom stereocenters. The Morgan fingerprint density at radius 2 is 2.21 bits per heavy atom. The van der Waals surface area contributed by atoms with Gasteiger partial charge in [0.1, 0.15) is 0 Å². The lowest BCUT2D eigenvalue weighted by Gasteiger charge is -2.43. The van der Waals surface area contributed by atoms with Crippen molar-refractivity contribution in [2.45, 2.75) is 32.7 Å². The van der Waals surface area contributed by atoms with Crippen LogP contribution in [0.5, 0.6) is 0 Å². The molecule has 19 heavy (non-hydrogen) atoms. The van der Waals surface area contributed by atoms with Crippen LogP contribution in [0.2, 0.25) is 0 Å². The maximum absolute atomic E-state index is 5.22. The van der Waals surface area contributed by atoms with Gasteiger partial charge in [0.05, 0.1) is 6.61 Å². The fourth-order valence-electron chi connectivity index (χ4n) is 3.53. The Hall–Kier alpha value is -0.160. The summed E-state index contributed by atoms with van der Waals surface area (Å²) >= 11 is 0. The number of ether oxygens (including phenoxy) is 1. The van der Waals surface area contributed by atoms with E-state index in [9.17, 15) is 0 Å². The number of methoxy groups -OCH3 is 1. The molecule has 0 radical (unpaired) electrons. The van der Waals surface area contributed by atoms with Gasteiger partial charge in [-0.3, -0.25) is 9.80 Å². The third-order valence-electron chi connectivity index (χ3n) is 4.81. The summed E-state index contributed by atoms with van der Waals surface area (Å²) in [5.41, 5.74) is 0.493. The van der Waals surface area contributed by atoms with Gasteiger partial charge in [-0.05, 0) is 24.8 Å². The monoisotopic (exact) mass is 269 g/mol. The second-order valence-corrected chi connectivity index (χ2v) is 6.56. The van der Waals surface area contributed by atoms with Crippen molar-refractivity contribution in [2.75, 3.05) is 59.5 Å². The fraction of sp³-hybridized carbons (Fsp3) is 1.00. The van der Waals surface area contributed by atoms with Crippen LogP contribution in [0.3, 0.4) is 0 Å². The Labute approximate surface area is 118 Å². The summed E-state index contributed by atoms with van der Waals surface area (Å²) in [7, 11) is 1.80. The number of nitrogens with zero attached hydrogens (tertiary/aromatic N) is 2. The van der Waals surface area contributed by atoms with E-state index in [2.05, 4.69) is 29.0 Å². The van der Waals surface area contributed by atoms with Gasteiger partial charge >= 0.3 is 0 Å². The molecule has 2 aliphatic rings. The average molecular weight is 269 g/mol. The molecule has 2 aliphatic heterocycles. The van der Waals surface area contributed by atoms with E-state index in [0.29, 0.717) is 11.5 Å². The lowest BCUT2D eigenvalue weighted by molar-refractivity contribution is 0.0340. The SMILES string of the molecule is CCC1CN(CC2(C)CCNC2)CCN1CCOC. The molecule has 0 bridgehead atoms. The van der Waals surface area contributed by atoms with Gasteiger partial charge in [0, 0.05) is 52.4 Å². The number of nitrogens with one attached hydrogen (secondary N) is 1. The molecule has 2 atom stereocenters. The van der Waals surface area contributed by atoms with E-state index in [1.807, 2.05) is 0 Å². The van der Waals surface area contributed by atoms with Crippen molar-refractivity contribution in [2.24, 2.45) is 5.41 Å². The zero-order valence-corrected chi connectivity index (χ0v) is 13.0. The Morgan fingerprint density at radius 3 is 2.84 bits per heavy atom. The summed E-state index contributed by atoms with van der Waals surface area (Å²) in [5.74, 6) is 0.